The van der Waals surface area contributed by atoms with Crippen molar-refractivity contribution in [1.29, 1.82) is 5.26 Å². The van der Waals surface area contributed by atoms with E-state index in [1.807, 2.05) is 97.1 Å². The van der Waals surface area contributed by atoms with E-state index in [1.54, 1.807) is 0 Å². The smallest absolute Gasteiger partial charge is 0.164 e. The van der Waals surface area contributed by atoms with Gasteiger partial charge in [0, 0.05) is 38.8 Å². The van der Waals surface area contributed by atoms with E-state index in [1.165, 1.54) is 0 Å². The SMILES string of the molecule is N#Cc1cc(-c2nc(-c3ccccc3)nc(-c3ccccc3)n2)ccc1-n1c2ccc(-c3ccccc3)cc2c2cc(-c3ccccc3)cc(N(c3ccccc3)c3ccccc3)c21. The van der Waals surface area contributed by atoms with Crippen LogP contribution in [0.2, 0.25) is 0 Å². The molecule has 0 amide bonds. The van der Waals surface area contributed by atoms with Crippen molar-refractivity contribution in [2.75, 3.05) is 4.90 Å². The third-order valence-electron chi connectivity index (χ3n) is 11.6. The van der Waals surface area contributed by atoms with Gasteiger partial charge in [0.1, 0.15) is 6.07 Å². The summed E-state index contributed by atoms with van der Waals surface area (Å²) in [5.41, 5.74) is 13.1. The normalized spacial score (nSPS) is 11.1. The van der Waals surface area contributed by atoms with Crippen molar-refractivity contribution in [1.82, 2.24) is 19.5 Å². The molecule has 0 N–H and O–H groups in total. The molecule has 0 bridgehead atoms. The minimum Gasteiger partial charge on any atom is -0.308 e. The molecule has 6 heteroatoms. The molecule has 2 aromatic heterocycles. The second kappa shape index (κ2) is 16.5. The maximum atomic E-state index is 11.2. The van der Waals surface area contributed by atoms with Crippen molar-refractivity contribution in [2.45, 2.75) is 0 Å². The van der Waals surface area contributed by atoms with Gasteiger partial charge >= 0.3 is 0 Å². The highest BCUT2D eigenvalue weighted by atomic mass is 15.2. The van der Waals surface area contributed by atoms with Crippen LogP contribution < -0.4 is 4.90 Å². The van der Waals surface area contributed by atoms with Crippen LogP contribution in [0.4, 0.5) is 17.1 Å². The number of nitriles is 1. The lowest BCUT2D eigenvalue weighted by molar-refractivity contribution is 1.07. The topological polar surface area (TPSA) is 70.6 Å². The van der Waals surface area contributed by atoms with E-state index >= 15 is 0 Å². The molecule has 6 nitrogen and oxygen atoms in total. The molecule has 0 fully saturated rings. The summed E-state index contributed by atoms with van der Waals surface area (Å²) in [5.74, 6) is 1.60. The number of hydrogen-bond donors (Lipinski definition) is 0. The Morgan fingerprint density at radius 3 is 1.33 bits per heavy atom. The Morgan fingerprint density at radius 1 is 0.375 bits per heavy atom. The Bertz CT molecular complexity index is 3380. The molecule has 0 saturated heterocycles. The Morgan fingerprint density at radius 2 is 0.812 bits per heavy atom. The Balaban J connectivity index is 1.21. The molecule has 11 rings (SSSR count). The van der Waals surface area contributed by atoms with Crippen molar-refractivity contribution in [2.24, 2.45) is 0 Å². The number of para-hydroxylation sites is 2. The molecule has 0 unspecified atom stereocenters. The Kier molecular flexibility index (Phi) is 9.81. The number of aromatic nitrogens is 4. The van der Waals surface area contributed by atoms with Gasteiger partial charge in [0.15, 0.2) is 17.5 Å². The Hall–Kier alpha value is -8.92. The van der Waals surface area contributed by atoms with Crippen LogP contribution in [0.25, 0.3) is 83.9 Å². The van der Waals surface area contributed by atoms with Crippen LogP contribution in [-0.4, -0.2) is 19.5 Å². The van der Waals surface area contributed by atoms with Crippen molar-refractivity contribution >= 4 is 38.9 Å². The summed E-state index contributed by atoms with van der Waals surface area (Å²) in [5, 5.41) is 13.3. The molecular formula is C58H38N6. The summed E-state index contributed by atoms with van der Waals surface area (Å²) in [7, 11) is 0. The van der Waals surface area contributed by atoms with Crippen LogP contribution in [0.3, 0.4) is 0 Å². The van der Waals surface area contributed by atoms with Gasteiger partial charge in [0.25, 0.3) is 0 Å². The fraction of sp³-hybridized carbons (Fsp3) is 0. The average Bonchev–Trinajstić information content (AvgIpc) is 3.71. The van der Waals surface area contributed by atoms with Crippen molar-refractivity contribution < 1.29 is 0 Å². The molecule has 2 heterocycles. The summed E-state index contributed by atoms with van der Waals surface area (Å²) in [6, 6.07) is 81.7. The fourth-order valence-corrected chi connectivity index (χ4v) is 8.63. The maximum Gasteiger partial charge on any atom is 0.164 e. The lowest BCUT2D eigenvalue weighted by Gasteiger charge is -2.28. The van der Waals surface area contributed by atoms with Gasteiger partial charge in [-0.05, 0) is 89.0 Å². The minimum absolute atomic E-state index is 0.482. The molecular weight excluding hydrogens is 781 g/mol. The standard InChI is InChI=1S/C58H38N6/c59-39-47-35-45(58-61-56(42-23-11-3-12-24-42)60-57(62-58)43-25-13-4-14-26-43)32-33-52(47)64-53-34-31-44(40-19-7-1-8-20-40)36-50(53)51-37-46(41-21-9-2-10-22-41)38-54(55(51)64)63(48-27-15-5-16-28-48)49-29-17-6-18-30-49/h1-38H. The first-order valence-corrected chi connectivity index (χ1v) is 21.3. The van der Waals surface area contributed by atoms with Gasteiger partial charge in [0.2, 0.25) is 0 Å². The van der Waals surface area contributed by atoms with Gasteiger partial charge in [-0.25, -0.2) is 15.0 Å². The van der Waals surface area contributed by atoms with Gasteiger partial charge in [-0.3, -0.25) is 0 Å². The molecule has 0 atom stereocenters. The van der Waals surface area contributed by atoms with Crippen molar-refractivity contribution in [3.8, 4) is 68.2 Å². The van der Waals surface area contributed by atoms with Crippen LogP contribution in [-0.2, 0) is 0 Å². The summed E-state index contributed by atoms with van der Waals surface area (Å²) < 4.78 is 2.27. The summed E-state index contributed by atoms with van der Waals surface area (Å²) in [6.45, 7) is 0. The molecule has 11 aromatic rings. The largest absolute Gasteiger partial charge is 0.308 e. The zero-order valence-electron chi connectivity index (χ0n) is 34.6. The summed E-state index contributed by atoms with van der Waals surface area (Å²) in [6.07, 6.45) is 0. The van der Waals surface area contributed by atoms with Crippen molar-refractivity contribution in [3.05, 3.63) is 236 Å². The second-order valence-corrected chi connectivity index (χ2v) is 15.6. The van der Waals surface area contributed by atoms with Gasteiger partial charge in [0.05, 0.1) is 28.0 Å². The zero-order chi connectivity index (χ0) is 42.8. The first-order chi connectivity index (χ1) is 31.7. The lowest BCUT2D eigenvalue weighted by Crippen LogP contribution is -2.12. The Labute approximate surface area is 371 Å². The quantitative estimate of drug-likeness (QED) is 0.145. The third-order valence-corrected chi connectivity index (χ3v) is 11.6. The van der Waals surface area contributed by atoms with Crippen LogP contribution in [0.15, 0.2) is 231 Å². The molecule has 0 spiro atoms. The van der Waals surface area contributed by atoms with Crippen LogP contribution in [0, 0.1) is 11.3 Å². The molecule has 0 aliphatic rings. The highest BCUT2D eigenvalue weighted by molar-refractivity contribution is 6.17. The summed E-state index contributed by atoms with van der Waals surface area (Å²) >= 11 is 0. The zero-order valence-corrected chi connectivity index (χ0v) is 34.6. The highest BCUT2D eigenvalue weighted by Gasteiger charge is 2.25. The highest BCUT2D eigenvalue weighted by Crippen LogP contribution is 2.47. The first kappa shape index (κ1) is 38.0. The molecule has 64 heavy (non-hydrogen) atoms. The van der Waals surface area contributed by atoms with E-state index in [0.717, 1.165) is 77.9 Å². The van der Waals surface area contributed by atoms with E-state index in [2.05, 4.69) is 149 Å². The molecule has 300 valence electrons. The van der Waals surface area contributed by atoms with Gasteiger partial charge < -0.3 is 9.47 Å². The predicted octanol–water partition coefficient (Wildman–Crippen LogP) is 14.6. The molecule has 0 saturated carbocycles. The average molecular weight is 819 g/mol. The number of anilines is 3. The van der Waals surface area contributed by atoms with E-state index in [9.17, 15) is 5.26 Å². The number of hydrogen-bond acceptors (Lipinski definition) is 5. The third kappa shape index (κ3) is 7.03. The van der Waals surface area contributed by atoms with Crippen molar-refractivity contribution in [3.63, 3.8) is 0 Å². The van der Waals surface area contributed by atoms with E-state index < -0.39 is 0 Å². The monoisotopic (exact) mass is 818 g/mol. The van der Waals surface area contributed by atoms with Crippen LogP contribution in [0.1, 0.15) is 5.56 Å². The fourth-order valence-electron chi connectivity index (χ4n) is 8.63. The van der Waals surface area contributed by atoms with Gasteiger partial charge in [-0.2, -0.15) is 5.26 Å². The molecule has 0 aliphatic heterocycles. The minimum atomic E-state index is 0.482. The maximum absolute atomic E-state index is 11.2. The number of nitrogens with zero attached hydrogens (tertiary/aromatic N) is 6. The van der Waals surface area contributed by atoms with Crippen LogP contribution >= 0.6 is 0 Å². The lowest BCUT2D eigenvalue weighted by atomic mass is 9.99. The molecule has 0 aliphatic carbocycles. The number of fused-ring (bicyclic) bond motifs is 3. The molecule has 9 aromatic carbocycles. The van der Waals surface area contributed by atoms with Gasteiger partial charge in [-0.15, -0.1) is 0 Å². The van der Waals surface area contributed by atoms with E-state index in [-0.39, 0.29) is 0 Å². The van der Waals surface area contributed by atoms with E-state index in [0.29, 0.717) is 28.6 Å². The van der Waals surface area contributed by atoms with Gasteiger partial charge in [-0.1, -0.05) is 164 Å². The number of benzene rings is 9. The van der Waals surface area contributed by atoms with E-state index in [4.69, 9.17) is 15.0 Å². The second-order valence-electron chi connectivity index (χ2n) is 15.6. The molecule has 0 radical (unpaired) electrons. The summed E-state index contributed by atoms with van der Waals surface area (Å²) in [4.78, 5) is 17.2. The van der Waals surface area contributed by atoms with Crippen LogP contribution in [0.5, 0.6) is 0 Å². The number of rotatable bonds is 9. The first-order valence-electron chi connectivity index (χ1n) is 21.3. The predicted molar refractivity (Wildman–Crippen MR) is 261 cm³/mol.